The molecule has 0 amide bonds. The summed E-state index contributed by atoms with van der Waals surface area (Å²) in [5, 5.41) is 0.0230. The largest absolute Gasteiger partial charge is 0.325 e. The first-order chi connectivity index (χ1) is 6.06. The molecule has 6 heteroatoms. The maximum atomic E-state index is 12.4. The van der Waals surface area contributed by atoms with Gasteiger partial charge in [-0.2, -0.15) is 0 Å². The highest BCUT2D eigenvalue weighted by atomic mass is 127. The highest BCUT2D eigenvalue weighted by Crippen LogP contribution is 2.30. The second kappa shape index (κ2) is 4.47. The molecule has 0 aromatic carbocycles. The summed E-state index contributed by atoms with van der Waals surface area (Å²) in [4.78, 5) is 3.87. The van der Waals surface area contributed by atoms with E-state index in [0.29, 0.717) is 3.70 Å². The molecule has 1 aromatic rings. The van der Waals surface area contributed by atoms with Gasteiger partial charge in [-0.05, 0) is 28.7 Å². The van der Waals surface area contributed by atoms with Crippen LogP contribution in [0.25, 0.3) is 0 Å². The Morgan fingerprint density at radius 3 is 2.69 bits per heavy atom. The molecule has 2 nitrogen and oxygen atoms in total. The van der Waals surface area contributed by atoms with Crippen LogP contribution in [-0.4, -0.2) is 4.98 Å². The van der Waals surface area contributed by atoms with Gasteiger partial charge in [0.2, 0.25) is 0 Å². The van der Waals surface area contributed by atoms with E-state index < -0.39 is 6.43 Å². The van der Waals surface area contributed by atoms with Crippen molar-refractivity contribution in [1.82, 2.24) is 4.98 Å². The van der Waals surface area contributed by atoms with Crippen LogP contribution in [0.2, 0.25) is 5.02 Å². The zero-order valence-corrected chi connectivity index (χ0v) is 9.31. The molecule has 72 valence electrons. The van der Waals surface area contributed by atoms with Gasteiger partial charge < -0.3 is 5.73 Å². The summed E-state index contributed by atoms with van der Waals surface area (Å²) in [7, 11) is 0. The average molecular weight is 318 g/mol. The maximum absolute atomic E-state index is 12.4. The van der Waals surface area contributed by atoms with Crippen molar-refractivity contribution in [2.45, 2.75) is 13.0 Å². The van der Waals surface area contributed by atoms with Crippen LogP contribution < -0.4 is 5.73 Å². The first-order valence-electron chi connectivity index (χ1n) is 3.39. The SMILES string of the molecule is NCc1nc(I)cc(Cl)c1C(F)F. The Hall–Kier alpha value is -0.0100. The third-order valence-electron chi connectivity index (χ3n) is 1.47. The lowest BCUT2D eigenvalue weighted by Gasteiger charge is -2.08. The second-order valence-electron chi connectivity index (χ2n) is 2.29. The van der Waals surface area contributed by atoms with Gasteiger partial charge in [-0.3, -0.25) is 0 Å². The molecule has 2 N–H and O–H groups in total. The first kappa shape index (κ1) is 11.1. The van der Waals surface area contributed by atoms with E-state index in [1.54, 1.807) is 0 Å². The summed E-state index contributed by atoms with van der Waals surface area (Å²) in [6.07, 6.45) is -2.63. The molecule has 0 radical (unpaired) electrons. The minimum Gasteiger partial charge on any atom is -0.325 e. The zero-order chi connectivity index (χ0) is 10.0. The highest BCUT2D eigenvalue weighted by molar-refractivity contribution is 14.1. The van der Waals surface area contributed by atoms with E-state index in [4.69, 9.17) is 17.3 Å². The van der Waals surface area contributed by atoms with Gasteiger partial charge in [0, 0.05) is 6.54 Å². The van der Waals surface area contributed by atoms with Crippen LogP contribution in [-0.2, 0) is 6.54 Å². The summed E-state index contributed by atoms with van der Waals surface area (Å²) >= 11 is 7.53. The van der Waals surface area contributed by atoms with Crippen molar-refractivity contribution in [1.29, 1.82) is 0 Å². The van der Waals surface area contributed by atoms with Gasteiger partial charge >= 0.3 is 0 Å². The third-order valence-corrected chi connectivity index (χ3v) is 2.33. The van der Waals surface area contributed by atoms with Gasteiger partial charge in [0.1, 0.15) is 3.70 Å². The van der Waals surface area contributed by atoms with Crippen LogP contribution in [0.15, 0.2) is 6.07 Å². The number of aromatic nitrogens is 1. The predicted molar refractivity (Wildman–Crippen MR) is 54.8 cm³/mol. The fourth-order valence-electron chi connectivity index (χ4n) is 0.927. The molecule has 0 unspecified atom stereocenters. The van der Waals surface area contributed by atoms with Crippen LogP contribution in [0.1, 0.15) is 17.7 Å². The van der Waals surface area contributed by atoms with E-state index in [1.165, 1.54) is 6.07 Å². The van der Waals surface area contributed by atoms with E-state index in [2.05, 4.69) is 4.98 Å². The lowest BCUT2D eigenvalue weighted by atomic mass is 10.2. The van der Waals surface area contributed by atoms with Gasteiger partial charge in [0.05, 0.1) is 16.3 Å². The quantitative estimate of drug-likeness (QED) is 0.673. The Bertz CT molecular complexity index is 320. The van der Waals surface area contributed by atoms with Gasteiger partial charge in [0.25, 0.3) is 6.43 Å². The molecule has 0 aliphatic carbocycles. The van der Waals surface area contributed by atoms with E-state index in [-0.39, 0.29) is 22.8 Å². The standard InChI is InChI=1S/C7H6ClF2IN2/c8-3-1-5(11)13-4(2-12)6(3)7(9)10/h1,7H,2,12H2. The number of pyridine rings is 1. The van der Waals surface area contributed by atoms with Crippen LogP contribution >= 0.6 is 34.2 Å². The maximum Gasteiger partial charge on any atom is 0.267 e. The summed E-state index contributed by atoms with van der Waals surface area (Å²) < 4.78 is 25.4. The Labute approximate surface area is 92.6 Å². The van der Waals surface area contributed by atoms with Crippen LogP contribution in [0.5, 0.6) is 0 Å². The number of hydrogen-bond acceptors (Lipinski definition) is 2. The lowest BCUT2D eigenvalue weighted by molar-refractivity contribution is 0.149. The van der Waals surface area contributed by atoms with Crippen molar-refractivity contribution in [2.75, 3.05) is 0 Å². The lowest BCUT2D eigenvalue weighted by Crippen LogP contribution is -2.06. The van der Waals surface area contributed by atoms with E-state index >= 15 is 0 Å². The molecule has 1 aromatic heterocycles. The van der Waals surface area contributed by atoms with Crippen LogP contribution in [0.4, 0.5) is 8.78 Å². The van der Waals surface area contributed by atoms with Crippen molar-refractivity contribution in [3.05, 3.63) is 26.0 Å². The number of rotatable bonds is 2. The minimum atomic E-state index is -2.63. The molecule has 0 spiro atoms. The van der Waals surface area contributed by atoms with E-state index in [1.807, 2.05) is 22.6 Å². The first-order valence-corrected chi connectivity index (χ1v) is 4.85. The van der Waals surface area contributed by atoms with Gasteiger partial charge in [0.15, 0.2) is 0 Å². The highest BCUT2D eigenvalue weighted by Gasteiger charge is 2.18. The van der Waals surface area contributed by atoms with Crippen molar-refractivity contribution >= 4 is 34.2 Å². The molecule has 0 bridgehead atoms. The molecule has 0 aliphatic heterocycles. The Morgan fingerprint density at radius 1 is 1.62 bits per heavy atom. The molecule has 0 saturated heterocycles. The normalized spacial score (nSPS) is 10.9. The summed E-state index contributed by atoms with van der Waals surface area (Å²) in [5.41, 5.74) is 5.17. The van der Waals surface area contributed by atoms with Crippen molar-refractivity contribution in [3.63, 3.8) is 0 Å². The Kier molecular flexibility index (Phi) is 3.81. The van der Waals surface area contributed by atoms with E-state index in [9.17, 15) is 8.78 Å². The predicted octanol–water partition coefficient (Wildman–Crippen LogP) is 2.74. The summed E-state index contributed by atoms with van der Waals surface area (Å²) in [6, 6.07) is 1.39. The Balaban J connectivity index is 3.30. The molecule has 13 heavy (non-hydrogen) atoms. The molecule has 0 saturated carbocycles. The minimum absolute atomic E-state index is 0.0230. The molecule has 0 fully saturated rings. The van der Waals surface area contributed by atoms with Crippen molar-refractivity contribution in [2.24, 2.45) is 5.73 Å². The number of nitrogens with zero attached hydrogens (tertiary/aromatic N) is 1. The van der Waals surface area contributed by atoms with Crippen LogP contribution in [0, 0.1) is 3.70 Å². The smallest absolute Gasteiger partial charge is 0.267 e. The third kappa shape index (κ3) is 2.47. The van der Waals surface area contributed by atoms with Crippen LogP contribution in [0.3, 0.4) is 0 Å². The summed E-state index contributed by atoms with van der Waals surface area (Å²) in [5.74, 6) is 0. The molecular formula is C7H6ClF2IN2. The molecular weight excluding hydrogens is 312 g/mol. The number of nitrogens with two attached hydrogens (primary N) is 1. The number of alkyl halides is 2. The number of halogens is 4. The molecule has 0 aliphatic rings. The molecule has 1 heterocycles. The van der Waals surface area contributed by atoms with Gasteiger partial charge in [-0.15, -0.1) is 0 Å². The fourth-order valence-corrected chi connectivity index (χ4v) is 2.01. The van der Waals surface area contributed by atoms with Gasteiger partial charge in [-0.1, -0.05) is 11.6 Å². The second-order valence-corrected chi connectivity index (χ2v) is 3.80. The zero-order valence-electron chi connectivity index (χ0n) is 6.40. The van der Waals surface area contributed by atoms with Crippen molar-refractivity contribution < 1.29 is 8.78 Å². The number of hydrogen-bond donors (Lipinski definition) is 1. The molecule has 0 atom stereocenters. The fraction of sp³-hybridized carbons (Fsp3) is 0.286. The Morgan fingerprint density at radius 2 is 2.23 bits per heavy atom. The van der Waals surface area contributed by atoms with E-state index in [0.717, 1.165) is 0 Å². The molecule has 1 rings (SSSR count). The monoisotopic (exact) mass is 318 g/mol. The van der Waals surface area contributed by atoms with Crippen molar-refractivity contribution in [3.8, 4) is 0 Å². The van der Waals surface area contributed by atoms with Gasteiger partial charge in [-0.25, -0.2) is 13.8 Å². The summed E-state index contributed by atoms with van der Waals surface area (Å²) in [6.45, 7) is -0.0315. The topological polar surface area (TPSA) is 38.9 Å². The average Bonchev–Trinajstić information content (AvgIpc) is 2.01.